The first-order valence-corrected chi connectivity index (χ1v) is 7.09. The fraction of sp³-hybridized carbons (Fsp3) is 0.818. The van der Waals surface area contributed by atoms with Crippen LogP contribution in [0.4, 0.5) is 30.7 Å². The number of allylic oxidation sites excluding steroid dienone is 1. The maximum atomic E-state index is 13.7. The molecule has 128 valence electrons. The summed E-state index contributed by atoms with van der Waals surface area (Å²) in [6.07, 6.45) is -12.8. The summed E-state index contributed by atoms with van der Waals surface area (Å²) in [5.41, 5.74) is -7.42. The Morgan fingerprint density at radius 3 is 1.45 bits per heavy atom. The van der Waals surface area contributed by atoms with E-state index in [1.54, 1.807) is 27.7 Å². The van der Waals surface area contributed by atoms with E-state index in [4.69, 9.17) is 9.31 Å². The maximum Gasteiger partial charge on any atom is 0.501 e. The second-order valence-electron chi connectivity index (χ2n) is 5.82. The lowest BCUT2D eigenvalue weighted by molar-refractivity contribution is -0.322. The van der Waals surface area contributed by atoms with Crippen molar-refractivity contribution < 1.29 is 40.0 Å². The number of halogens is 8. The summed E-state index contributed by atoms with van der Waals surface area (Å²) >= 11 is 1.15. The lowest BCUT2D eigenvalue weighted by Gasteiger charge is -2.32. The fourth-order valence-corrected chi connectivity index (χ4v) is 2.22. The second kappa shape index (κ2) is 5.50. The Bertz CT molecular complexity index is 440. The summed E-state index contributed by atoms with van der Waals surface area (Å²) in [5.74, 6) is 0. The van der Waals surface area contributed by atoms with Gasteiger partial charge in [-0.25, -0.2) is 4.39 Å². The zero-order valence-corrected chi connectivity index (χ0v) is 14.2. The molecule has 0 aliphatic carbocycles. The van der Waals surface area contributed by atoms with Crippen molar-refractivity contribution in [2.45, 2.75) is 56.9 Å². The number of hydrogen-bond acceptors (Lipinski definition) is 2. The zero-order chi connectivity index (χ0) is 17.8. The molecule has 0 aromatic heterocycles. The van der Waals surface area contributed by atoms with Crippen LogP contribution in [0.2, 0.25) is 0 Å². The normalized spacial score (nSPS) is 23.1. The Morgan fingerprint density at radius 2 is 1.18 bits per heavy atom. The molecule has 1 aliphatic rings. The van der Waals surface area contributed by atoms with E-state index >= 15 is 0 Å². The Morgan fingerprint density at radius 1 is 0.864 bits per heavy atom. The fourth-order valence-electron chi connectivity index (χ4n) is 1.54. The first kappa shape index (κ1) is 20.0. The van der Waals surface area contributed by atoms with E-state index in [0.717, 1.165) is 22.6 Å². The van der Waals surface area contributed by atoms with Gasteiger partial charge < -0.3 is 9.31 Å². The van der Waals surface area contributed by atoms with Crippen LogP contribution in [-0.2, 0) is 9.31 Å². The molecule has 0 atom stereocenters. The first-order valence-electron chi connectivity index (χ1n) is 6.01. The molecule has 1 rings (SSSR count). The molecule has 1 heterocycles. The molecule has 0 bridgehead atoms. The molecule has 0 saturated carbocycles. The van der Waals surface area contributed by atoms with Gasteiger partial charge >= 0.3 is 25.1 Å². The summed E-state index contributed by atoms with van der Waals surface area (Å²) in [4.78, 5) is 0. The van der Waals surface area contributed by atoms with Gasteiger partial charge in [0, 0.05) is 3.48 Å². The number of hydrogen-bond donors (Lipinski definition) is 0. The Kier molecular flexibility index (Phi) is 5.01. The molecule has 1 fully saturated rings. The summed E-state index contributed by atoms with van der Waals surface area (Å²) < 4.78 is 98.7. The lowest BCUT2D eigenvalue weighted by Crippen LogP contribution is -2.52. The van der Waals surface area contributed by atoms with Crippen LogP contribution in [0.3, 0.4) is 0 Å². The number of rotatable bonds is 2. The molecule has 11 heteroatoms. The molecule has 1 saturated heterocycles. The van der Waals surface area contributed by atoms with Crippen molar-refractivity contribution in [2.24, 2.45) is 0 Å². The highest BCUT2D eigenvalue weighted by atomic mass is 127. The average Bonchev–Trinajstić information content (AvgIpc) is 2.44. The van der Waals surface area contributed by atoms with Crippen LogP contribution in [0, 0.1) is 0 Å². The van der Waals surface area contributed by atoms with Crippen LogP contribution in [-0.4, -0.2) is 36.3 Å². The standard InChI is InChI=1S/C11H13BF7IO2/c1-7(2)8(3,4)22-12(21-7)6(20)5-9(13,10(14,15)16)11(17,18)19/h5H,1-4H3/b6-5+. The Balaban J connectivity index is 3.21. The highest BCUT2D eigenvalue weighted by molar-refractivity contribution is 14.1. The highest BCUT2D eigenvalue weighted by Gasteiger charge is 2.71. The monoisotopic (exact) mass is 448 g/mol. The van der Waals surface area contributed by atoms with E-state index in [9.17, 15) is 30.7 Å². The lowest BCUT2D eigenvalue weighted by atomic mass is 9.86. The van der Waals surface area contributed by atoms with Crippen molar-refractivity contribution in [1.82, 2.24) is 0 Å². The van der Waals surface area contributed by atoms with E-state index in [0.29, 0.717) is 0 Å². The predicted molar refractivity (Wildman–Crippen MR) is 74.1 cm³/mol. The molecule has 0 spiro atoms. The summed E-state index contributed by atoms with van der Waals surface area (Å²) in [7, 11) is -1.51. The molecule has 0 aromatic carbocycles. The van der Waals surface area contributed by atoms with Crippen LogP contribution in [0.15, 0.2) is 9.56 Å². The van der Waals surface area contributed by atoms with Gasteiger partial charge in [0.05, 0.1) is 11.2 Å². The molecule has 0 amide bonds. The predicted octanol–water partition coefficient (Wildman–Crippen LogP) is 4.77. The van der Waals surface area contributed by atoms with Crippen molar-refractivity contribution in [3.8, 4) is 0 Å². The second-order valence-corrected chi connectivity index (χ2v) is 7.07. The molecule has 2 nitrogen and oxygen atoms in total. The van der Waals surface area contributed by atoms with Gasteiger partial charge in [-0.05, 0) is 33.8 Å². The summed E-state index contributed by atoms with van der Waals surface area (Å²) in [6, 6.07) is 0. The molecule has 0 N–H and O–H groups in total. The smallest absolute Gasteiger partial charge is 0.399 e. The van der Waals surface area contributed by atoms with Gasteiger partial charge in [-0.1, -0.05) is 22.6 Å². The third-order valence-corrected chi connectivity index (χ3v) is 4.46. The van der Waals surface area contributed by atoms with Crippen LogP contribution < -0.4 is 0 Å². The van der Waals surface area contributed by atoms with Crippen LogP contribution in [0.1, 0.15) is 27.7 Å². The van der Waals surface area contributed by atoms with Crippen molar-refractivity contribution >= 4 is 29.7 Å². The highest BCUT2D eigenvalue weighted by Crippen LogP contribution is 2.49. The third kappa shape index (κ3) is 3.40. The first-order chi connectivity index (χ1) is 9.45. The van der Waals surface area contributed by atoms with Crippen LogP contribution in [0.5, 0.6) is 0 Å². The van der Waals surface area contributed by atoms with Crippen molar-refractivity contribution in [2.75, 3.05) is 0 Å². The molecular formula is C11H13BF7IO2. The van der Waals surface area contributed by atoms with Gasteiger partial charge in [0.25, 0.3) is 0 Å². The van der Waals surface area contributed by atoms with E-state index < -0.39 is 45.9 Å². The zero-order valence-electron chi connectivity index (χ0n) is 12.0. The quantitative estimate of drug-likeness (QED) is 0.345. The summed E-state index contributed by atoms with van der Waals surface area (Å²) in [5, 5.41) is 0. The Hall–Kier alpha value is -0.0351. The maximum absolute atomic E-state index is 13.7. The van der Waals surface area contributed by atoms with Crippen molar-refractivity contribution in [3.05, 3.63) is 9.56 Å². The third-order valence-electron chi connectivity index (χ3n) is 3.64. The molecule has 0 aromatic rings. The van der Waals surface area contributed by atoms with Gasteiger partial charge in [-0.15, -0.1) is 0 Å². The topological polar surface area (TPSA) is 18.5 Å². The number of alkyl halides is 7. The van der Waals surface area contributed by atoms with Crippen molar-refractivity contribution in [1.29, 1.82) is 0 Å². The Labute approximate surface area is 136 Å². The largest absolute Gasteiger partial charge is 0.501 e. The minimum atomic E-state index is -6.15. The van der Waals surface area contributed by atoms with Gasteiger partial charge in [0.2, 0.25) is 0 Å². The van der Waals surface area contributed by atoms with Crippen molar-refractivity contribution in [3.63, 3.8) is 0 Å². The van der Waals surface area contributed by atoms with E-state index in [1.807, 2.05) is 0 Å². The molecule has 1 aliphatic heterocycles. The van der Waals surface area contributed by atoms with Gasteiger partial charge in [-0.2, -0.15) is 26.3 Å². The molecule has 22 heavy (non-hydrogen) atoms. The van der Waals surface area contributed by atoms with Crippen LogP contribution in [0.25, 0.3) is 0 Å². The molecule has 0 unspecified atom stereocenters. The van der Waals surface area contributed by atoms with Crippen LogP contribution >= 0.6 is 22.6 Å². The molecule has 0 radical (unpaired) electrons. The summed E-state index contributed by atoms with van der Waals surface area (Å²) in [6.45, 7) is 6.25. The van der Waals surface area contributed by atoms with E-state index in [1.165, 1.54) is 0 Å². The van der Waals surface area contributed by atoms with Gasteiger partial charge in [0.15, 0.2) is 0 Å². The molecular weight excluding hydrogens is 435 g/mol. The SMILES string of the molecule is CC1(C)OB(/C(I)=C\C(F)(C(F)(F)F)C(F)(F)F)OC1(C)C. The van der Waals surface area contributed by atoms with Gasteiger partial charge in [0.1, 0.15) is 0 Å². The van der Waals surface area contributed by atoms with E-state index in [2.05, 4.69) is 0 Å². The minimum Gasteiger partial charge on any atom is -0.399 e. The van der Waals surface area contributed by atoms with E-state index in [-0.39, 0.29) is 0 Å². The minimum absolute atomic E-state index is 0.546. The van der Waals surface area contributed by atoms with Gasteiger partial charge in [-0.3, -0.25) is 0 Å². The average molecular weight is 448 g/mol.